The minimum absolute atomic E-state index is 0.0651. The Kier molecular flexibility index (Phi) is 4.79. The molecule has 3 aromatic heterocycles. The number of imidazole rings is 1. The van der Waals surface area contributed by atoms with E-state index in [-0.39, 0.29) is 17.5 Å². The second-order valence-corrected chi connectivity index (χ2v) is 8.80. The zero-order valence-corrected chi connectivity index (χ0v) is 18.8. The first-order valence-corrected chi connectivity index (χ1v) is 11.4. The number of ketones is 1. The molecule has 0 unspecified atom stereocenters. The number of H-pyrrole nitrogens is 1. The van der Waals surface area contributed by atoms with Crippen LogP contribution < -0.4 is 10.6 Å². The molecule has 1 aliphatic rings. The first-order chi connectivity index (χ1) is 16.6. The molecule has 8 nitrogen and oxygen atoms in total. The minimum Gasteiger partial charge on any atom is -0.356 e. The van der Waals surface area contributed by atoms with E-state index >= 15 is 0 Å². The number of hydrogen-bond donors (Lipinski definition) is 1. The van der Waals surface area contributed by atoms with Crippen molar-refractivity contribution in [2.45, 2.75) is 18.9 Å². The van der Waals surface area contributed by atoms with Crippen molar-refractivity contribution < 1.29 is 4.79 Å². The number of aryl methyl sites for hydroxylation is 1. The number of fused-ring (bicyclic) bond motifs is 2. The summed E-state index contributed by atoms with van der Waals surface area (Å²) in [6.45, 7) is 1.49. The Morgan fingerprint density at radius 3 is 2.56 bits per heavy atom. The normalized spacial score (nSPS) is 14.8. The van der Waals surface area contributed by atoms with Crippen LogP contribution in [0.2, 0.25) is 0 Å². The van der Waals surface area contributed by atoms with Crippen molar-refractivity contribution in [2.24, 2.45) is 7.05 Å². The number of piperidine rings is 1. The second-order valence-electron chi connectivity index (χ2n) is 8.80. The van der Waals surface area contributed by atoms with Gasteiger partial charge in [0.2, 0.25) is 5.78 Å². The smallest absolute Gasteiger partial charge is 0.326 e. The van der Waals surface area contributed by atoms with Gasteiger partial charge in [0.25, 0.3) is 0 Å². The number of carbonyl (C=O) groups is 1. The highest BCUT2D eigenvalue weighted by atomic mass is 16.1. The van der Waals surface area contributed by atoms with Gasteiger partial charge < -0.3 is 14.5 Å². The third kappa shape index (κ3) is 3.30. The lowest BCUT2D eigenvalue weighted by molar-refractivity contribution is 0.103. The molecular formula is C26H24N6O2. The molecule has 0 aliphatic carbocycles. The third-order valence-corrected chi connectivity index (χ3v) is 6.80. The van der Waals surface area contributed by atoms with Crippen LogP contribution in [0.15, 0.2) is 71.9 Å². The van der Waals surface area contributed by atoms with Gasteiger partial charge in [-0.15, -0.1) is 0 Å². The van der Waals surface area contributed by atoms with Crippen molar-refractivity contribution in [3.05, 3.63) is 88.9 Å². The highest BCUT2D eigenvalue weighted by Crippen LogP contribution is 2.28. The summed E-state index contributed by atoms with van der Waals surface area (Å²) in [4.78, 5) is 39.7. The first-order valence-electron chi connectivity index (χ1n) is 11.4. The van der Waals surface area contributed by atoms with Crippen LogP contribution in [-0.2, 0) is 7.05 Å². The minimum atomic E-state index is -0.110. The molecule has 1 N–H and O–H groups in total. The Morgan fingerprint density at radius 2 is 1.74 bits per heavy atom. The van der Waals surface area contributed by atoms with Crippen molar-refractivity contribution in [1.29, 1.82) is 0 Å². The third-order valence-electron chi connectivity index (χ3n) is 6.80. The highest BCUT2D eigenvalue weighted by molar-refractivity contribution is 6.15. The van der Waals surface area contributed by atoms with E-state index in [4.69, 9.17) is 0 Å². The first kappa shape index (κ1) is 20.4. The molecule has 2 aromatic carbocycles. The number of nitrogens with one attached hydrogen (secondary N) is 1. The Morgan fingerprint density at radius 1 is 1.00 bits per heavy atom. The highest BCUT2D eigenvalue weighted by Gasteiger charge is 2.25. The van der Waals surface area contributed by atoms with E-state index in [0.717, 1.165) is 53.7 Å². The van der Waals surface area contributed by atoms with E-state index in [1.165, 1.54) is 6.33 Å². The van der Waals surface area contributed by atoms with E-state index in [2.05, 4.69) is 19.9 Å². The molecule has 4 heterocycles. The molecule has 5 aromatic rings. The molecule has 170 valence electrons. The van der Waals surface area contributed by atoms with E-state index in [1.807, 2.05) is 70.9 Å². The number of aromatic nitrogens is 5. The van der Waals surface area contributed by atoms with Crippen molar-refractivity contribution in [1.82, 2.24) is 24.1 Å². The molecule has 6 rings (SSSR count). The van der Waals surface area contributed by atoms with E-state index < -0.39 is 0 Å². The molecule has 0 saturated carbocycles. The van der Waals surface area contributed by atoms with Crippen molar-refractivity contribution >= 4 is 33.5 Å². The predicted octanol–water partition coefficient (Wildman–Crippen LogP) is 3.68. The summed E-state index contributed by atoms with van der Waals surface area (Å²) in [5, 5.41) is 0.917. The van der Waals surface area contributed by atoms with Gasteiger partial charge in [0.05, 0.1) is 11.0 Å². The fraction of sp³-hybridized carbons (Fsp3) is 0.231. The van der Waals surface area contributed by atoms with Crippen LogP contribution in [0.25, 0.3) is 21.9 Å². The topological polar surface area (TPSA) is 88.8 Å². The Hall–Kier alpha value is -4.20. The standard InChI is InChI=1S/C26H24N6O2/c1-30-15-19(18-6-2-4-8-22(18)30)25(33)21-14-24(28-16-27-21)31-12-10-17(11-13-31)32-23-9-5-3-7-20(23)29-26(32)34/h2-9,14-17H,10-13H2,1H3,(H,29,34). The molecule has 8 heteroatoms. The van der Waals surface area contributed by atoms with E-state index in [9.17, 15) is 9.59 Å². The maximum Gasteiger partial charge on any atom is 0.326 e. The Labute approximate surface area is 195 Å². The van der Waals surface area contributed by atoms with Crippen LogP contribution in [0, 0.1) is 0 Å². The predicted molar refractivity (Wildman–Crippen MR) is 131 cm³/mol. The van der Waals surface area contributed by atoms with Crippen LogP contribution in [-0.4, -0.2) is 43.0 Å². The van der Waals surface area contributed by atoms with Gasteiger partial charge in [-0.2, -0.15) is 0 Å². The number of anilines is 1. The van der Waals surface area contributed by atoms with Gasteiger partial charge in [0.1, 0.15) is 17.8 Å². The fourth-order valence-corrected chi connectivity index (χ4v) is 5.09. The van der Waals surface area contributed by atoms with Gasteiger partial charge >= 0.3 is 5.69 Å². The molecule has 1 aliphatic heterocycles. The zero-order valence-electron chi connectivity index (χ0n) is 18.8. The van der Waals surface area contributed by atoms with Gasteiger partial charge in [-0.25, -0.2) is 14.8 Å². The average Bonchev–Trinajstić information content (AvgIpc) is 3.40. The number of nitrogens with zero attached hydrogens (tertiary/aromatic N) is 5. The summed E-state index contributed by atoms with van der Waals surface area (Å²) in [6, 6.07) is 17.6. The van der Waals surface area contributed by atoms with Gasteiger partial charge in [0, 0.05) is 54.9 Å². The van der Waals surface area contributed by atoms with Crippen molar-refractivity contribution in [2.75, 3.05) is 18.0 Å². The van der Waals surface area contributed by atoms with E-state index in [1.54, 1.807) is 6.07 Å². The van der Waals surface area contributed by atoms with Crippen molar-refractivity contribution in [3.8, 4) is 0 Å². The van der Waals surface area contributed by atoms with Gasteiger partial charge in [0.15, 0.2) is 0 Å². The van der Waals surface area contributed by atoms with Crippen LogP contribution in [0.4, 0.5) is 5.82 Å². The molecular weight excluding hydrogens is 428 g/mol. The van der Waals surface area contributed by atoms with Gasteiger partial charge in [-0.3, -0.25) is 9.36 Å². The number of hydrogen-bond acceptors (Lipinski definition) is 5. The molecule has 1 saturated heterocycles. The summed E-state index contributed by atoms with van der Waals surface area (Å²) in [5.41, 5.74) is 3.77. The summed E-state index contributed by atoms with van der Waals surface area (Å²) in [6.07, 6.45) is 4.96. The monoisotopic (exact) mass is 452 g/mol. The van der Waals surface area contributed by atoms with E-state index in [0.29, 0.717) is 11.3 Å². The lowest BCUT2D eigenvalue weighted by Gasteiger charge is -2.33. The largest absolute Gasteiger partial charge is 0.356 e. The number of para-hydroxylation sites is 3. The van der Waals surface area contributed by atoms with Gasteiger partial charge in [-0.1, -0.05) is 30.3 Å². The summed E-state index contributed by atoms with van der Waals surface area (Å²) in [7, 11) is 1.94. The maximum atomic E-state index is 13.3. The Balaban J connectivity index is 1.24. The average molecular weight is 453 g/mol. The summed E-state index contributed by atoms with van der Waals surface area (Å²) >= 11 is 0. The van der Waals surface area contributed by atoms with Crippen molar-refractivity contribution in [3.63, 3.8) is 0 Å². The molecule has 0 amide bonds. The molecule has 0 radical (unpaired) electrons. The Bertz CT molecular complexity index is 1590. The molecule has 34 heavy (non-hydrogen) atoms. The summed E-state index contributed by atoms with van der Waals surface area (Å²) < 4.78 is 3.84. The molecule has 0 bridgehead atoms. The molecule has 1 fully saturated rings. The maximum absolute atomic E-state index is 13.3. The van der Waals surface area contributed by atoms with Gasteiger partial charge in [-0.05, 0) is 31.0 Å². The number of aromatic amines is 1. The fourth-order valence-electron chi connectivity index (χ4n) is 5.09. The van der Waals surface area contributed by atoms with Crippen LogP contribution in [0.1, 0.15) is 34.9 Å². The number of rotatable bonds is 4. The SMILES string of the molecule is Cn1cc(C(=O)c2cc(N3CCC(n4c(=O)[nH]c5ccccc54)CC3)ncn2)c2ccccc21. The lowest BCUT2D eigenvalue weighted by atomic mass is 10.0. The lowest BCUT2D eigenvalue weighted by Crippen LogP contribution is -2.37. The summed E-state index contributed by atoms with van der Waals surface area (Å²) in [5.74, 6) is 0.629. The van der Waals surface area contributed by atoms with Crippen LogP contribution >= 0.6 is 0 Å². The van der Waals surface area contributed by atoms with Crippen LogP contribution in [0.3, 0.4) is 0 Å². The second kappa shape index (κ2) is 7.98. The number of carbonyl (C=O) groups excluding carboxylic acids is 1. The van der Waals surface area contributed by atoms with Crippen LogP contribution in [0.5, 0.6) is 0 Å². The molecule has 0 atom stereocenters. The zero-order chi connectivity index (χ0) is 23.2. The quantitative estimate of drug-likeness (QED) is 0.420. The number of benzene rings is 2. The molecule has 0 spiro atoms.